The van der Waals surface area contributed by atoms with E-state index in [9.17, 15) is 0 Å². The highest BCUT2D eigenvalue weighted by molar-refractivity contribution is 6.30. The zero-order valence-corrected chi connectivity index (χ0v) is 11.4. The average molecular weight is 265 g/mol. The number of benzene rings is 2. The van der Waals surface area contributed by atoms with Crippen molar-refractivity contribution in [3.05, 3.63) is 69.7 Å². The molecule has 0 aliphatic rings. The van der Waals surface area contributed by atoms with Crippen molar-refractivity contribution in [2.45, 2.75) is 19.2 Å². The summed E-state index contributed by atoms with van der Waals surface area (Å²) < 4.78 is 0. The van der Waals surface area contributed by atoms with Gasteiger partial charge in [0.1, 0.15) is 0 Å². The molecule has 2 rings (SSSR count). The largest absolute Gasteiger partial charge is 0.113 e. The third-order valence-electron chi connectivity index (χ3n) is 2.70. The summed E-state index contributed by atoms with van der Waals surface area (Å²) in [5, 5.41) is 0.615. The highest BCUT2D eigenvalue weighted by Gasteiger charge is 2.11. The van der Waals surface area contributed by atoms with Gasteiger partial charge < -0.3 is 0 Å². The van der Waals surface area contributed by atoms with Gasteiger partial charge in [0.2, 0.25) is 0 Å². The SMILES string of the molecule is Cc1cc(C)cc(C(Cl)c2ccc(Cl)cc2)c1. The Balaban J connectivity index is 2.36. The van der Waals surface area contributed by atoms with Crippen LogP contribution < -0.4 is 0 Å². The molecule has 0 fully saturated rings. The lowest BCUT2D eigenvalue weighted by atomic mass is 10.0. The summed E-state index contributed by atoms with van der Waals surface area (Å²) in [4.78, 5) is 0. The minimum atomic E-state index is -0.120. The molecule has 0 saturated carbocycles. The molecule has 1 unspecified atom stereocenters. The normalized spacial score (nSPS) is 12.5. The van der Waals surface area contributed by atoms with Gasteiger partial charge in [-0.1, -0.05) is 53.1 Å². The second-order valence-corrected chi connectivity index (χ2v) is 5.21. The lowest BCUT2D eigenvalue weighted by Crippen LogP contribution is -1.94. The lowest BCUT2D eigenvalue weighted by molar-refractivity contribution is 1.12. The van der Waals surface area contributed by atoms with Gasteiger partial charge in [0.15, 0.2) is 0 Å². The standard InChI is InChI=1S/C15H14Cl2/c1-10-7-11(2)9-13(8-10)15(17)12-3-5-14(16)6-4-12/h3-9,15H,1-2H3. The Morgan fingerprint density at radius 1 is 0.824 bits per heavy atom. The van der Waals surface area contributed by atoms with Crippen molar-refractivity contribution in [3.63, 3.8) is 0 Å². The Kier molecular flexibility index (Phi) is 3.76. The molecule has 88 valence electrons. The Labute approximate surface area is 112 Å². The molecule has 0 aromatic heterocycles. The van der Waals surface area contributed by atoms with Gasteiger partial charge in [-0.15, -0.1) is 11.6 Å². The zero-order valence-electron chi connectivity index (χ0n) is 9.87. The van der Waals surface area contributed by atoms with E-state index in [2.05, 4.69) is 32.0 Å². The molecule has 0 aliphatic carbocycles. The van der Waals surface area contributed by atoms with E-state index in [1.165, 1.54) is 11.1 Å². The minimum Gasteiger partial charge on any atom is -0.113 e. The predicted octanol–water partition coefficient (Wildman–Crippen LogP) is 5.29. The molecule has 0 bridgehead atoms. The van der Waals surface area contributed by atoms with Crippen LogP contribution in [0.25, 0.3) is 0 Å². The Morgan fingerprint density at radius 3 is 1.88 bits per heavy atom. The number of rotatable bonds is 2. The molecule has 2 heteroatoms. The van der Waals surface area contributed by atoms with E-state index in [1.807, 2.05) is 24.3 Å². The number of hydrogen-bond donors (Lipinski definition) is 0. The molecular weight excluding hydrogens is 251 g/mol. The maximum absolute atomic E-state index is 6.48. The average Bonchev–Trinajstić information content (AvgIpc) is 2.28. The van der Waals surface area contributed by atoms with Crippen molar-refractivity contribution in [3.8, 4) is 0 Å². The van der Waals surface area contributed by atoms with Crippen molar-refractivity contribution in [1.82, 2.24) is 0 Å². The van der Waals surface area contributed by atoms with E-state index in [1.54, 1.807) is 0 Å². The number of alkyl halides is 1. The van der Waals surface area contributed by atoms with Crippen LogP contribution in [-0.4, -0.2) is 0 Å². The minimum absolute atomic E-state index is 0.120. The Morgan fingerprint density at radius 2 is 1.35 bits per heavy atom. The predicted molar refractivity (Wildman–Crippen MR) is 75.1 cm³/mol. The van der Waals surface area contributed by atoms with Gasteiger partial charge in [0.25, 0.3) is 0 Å². The van der Waals surface area contributed by atoms with Crippen LogP contribution in [-0.2, 0) is 0 Å². The van der Waals surface area contributed by atoms with Crippen LogP contribution in [0.3, 0.4) is 0 Å². The van der Waals surface area contributed by atoms with Gasteiger partial charge in [-0.2, -0.15) is 0 Å². The van der Waals surface area contributed by atoms with Crippen molar-refractivity contribution in [2.75, 3.05) is 0 Å². The van der Waals surface area contributed by atoms with E-state index in [4.69, 9.17) is 23.2 Å². The third kappa shape index (κ3) is 3.02. The van der Waals surface area contributed by atoms with Crippen molar-refractivity contribution in [2.24, 2.45) is 0 Å². The van der Waals surface area contributed by atoms with Crippen LogP contribution in [0.2, 0.25) is 5.02 Å². The summed E-state index contributed by atoms with van der Waals surface area (Å²) in [7, 11) is 0. The summed E-state index contributed by atoms with van der Waals surface area (Å²) >= 11 is 12.4. The second kappa shape index (κ2) is 5.12. The van der Waals surface area contributed by atoms with Gasteiger partial charge >= 0.3 is 0 Å². The number of aryl methyl sites for hydroxylation is 2. The van der Waals surface area contributed by atoms with Crippen molar-refractivity contribution in [1.29, 1.82) is 0 Å². The molecule has 0 saturated heterocycles. The van der Waals surface area contributed by atoms with Crippen LogP contribution in [0.15, 0.2) is 42.5 Å². The van der Waals surface area contributed by atoms with Crippen LogP contribution in [0.1, 0.15) is 27.6 Å². The number of hydrogen-bond acceptors (Lipinski definition) is 0. The van der Waals surface area contributed by atoms with Gasteiger partial charge in [-0.3, -0.25) is 0 Å². The first kappa shape index (κ1) is 12.5. The number of halogens is 2. The molecule has 0 aliphatic heterocycles. The monoisotopic (exact) mass is 264 g/mol. The first-order valence-electron chi connectivity index (χ1n) is 5.54. The van der Waals surface area contributed by atoms with Gasteiger partial charge in [0.05, 0.1) is 5.38 Å². The van der Waals surface area contributed by atoms with E-state index >= 15 is 0 Å². The Hall–Kier alpha value is -0.980. The molecule has 0 nitrogen and oxygen atoms in total. The van der Waals surface area contributed by atoms with Crippen molar-refractivity contribution < 1.29 is 0 Å². The van der Waals surface area contributed by atoms with Gasteiger partial charge in [0, 0.05) is 5.02 Å². The molecule has 0 spiro atoms. The van der Waals surface area contributed by atoms with Crippen LogP contribution in [0, 0.1) is 13.8 Å². The van der Waals surface area contributed by atoms with Gasteiger partial charge in [-0.25, -0.2) is 0 Å². The quantitative estimate of drug-likeness (QED) is 0.647. The maximum atomic E-state index is 6.48. The molecule has 0 N–H and O–H groups in total. The van der Waals surface area contributed by atoms with E-state index in [0.717, 1.165) is 16.1 Å². The molecular formula is C15H14Cl2. The molecule has 0 amide bonds. The summed E-state index contributed by atoms with van der Waals surface area (Å²) in [5.74, 6) is 0. The van der Waals surface area contributed by atoms with Crippen LogP contribution >= 0.6 is 23.2 Å². The topological polar surface area (TPSA) is 0 Å². The van der Waals surface area contributed by atoms with Crippen LogP contribution in [0.5, 0.6) is 0 Å². The lowest BCUT2D eigenvalue weighted by Gasteiger charge is -2.12. The third-order valence-corrected chi connectivity index (χ3v) is 3.46. The first-order valence-corrected chi connectivity index (χ1v) is 6.35. The highest BCUT2D eigenvalue weighted by atomic mass is 35.5. The summed E-state index contributed by atoms with van der Waals surface area (Å²) in [6, 6.07) is 14.1. The molecule has 17 heavy (non-hydrogen) atoms. The Bertz CT molecular complexity index is 495. The first-order chi connectivity index (χ1) is 8.06. The fourth-order valence-corrected chi connectivity index (χ4v) is 2.38. The molecule has 1 atom stereocenters. The maximum Gasteiger partial charge on any atom is 0.0835 e. The molecule has 0 radical (unpaired) electrons. The molecule has 2 aromatic carbocycles. The molecule has 0 heterocycles. The summed E-state index contributed by atoms with van der Waals surface area (Å²) in [6.07, 6.45) is 0. The zero-order chi connectivity index (χ0) is 12.4. The van der Waals surface area contributed by atoms with E-state index in [-0.39, 0.29) is 5.38 Å². The van der Waals surface area contributed by atoms with Crippen molar-refractivity contribution >= 4 is 23.2 Å². The van der Waals surface area contributed by atoms with Gasteiger partial charge in [-0.05, 0) is 37.1 Å². The highest BCUT2D eigenvalue weighted by Crippen LogP contribution is 2.30. The smallest absolute Gasteiger partial charge is 0.0835 e. The molecule has 2 aromatic rings. The second-order valence-electron chi connectivity index (χ2n) is 4.34. The fourth-order valence-electron chi connectivity index (χ4n) is 1.98. The van der Waals surface area contributed by atoms with E-state index in [0.29, 0.717) is 0 Å². The fraction of sp³-hybridized carbons (Fsp3) is 0.200. The van der Waals surface area contributed by atoms with Crippen LogP contribution in [0.4, 0.5) is 0 Å². The van der Waals surface area contributed by atoms with E-state index < -0.39 is 0 Å². The summed E-state index contributed by atoms with van der Waals surface area (Å²) in [6.45, 7) is 4.17. The summed E-state index contributed by atoms with van der Waals surface area (Å²) in [5.41, 5.74) is 4.67.